The lowest BCUT2D eigenvalue weighted by atomic mass is 9.96. The maximum atomic E-state index is 5.76. The van der Waals surface area contributed by atoms with E-state index >= 15 is 0 Å². The standard InChI is InChI=1S/C16H22N2O2/c1-5-19-14-8-6-13(7-9-14)16(18-17)15-10(2)11(3)20-12(15)4/h6-9,16,18H,5,17H2,1-4H3. The van der Waals surface area contributed by atoms with Crippen LogP contribution in [0.1, 0.15) is 41.2 Å². The van der Waals surface area contributed by atoms with E-state index in [1.807, 2.05) is 45.0 Å². The molecule has 0 spiro atoms. The van der Waals surface area contributed by atoms with E-state index in [1.54, 1.807) is 0 Å². The smallest absolute Gasteiger partial charge is 0.119 e. The molecule has 1 heterocycles. The molecule has 0 amide bonds. The van der Waals surface area contributed by atoms with Gasteiger partial charge in [0.1, 0.15) is 17.3 Å². The van der Waals surface area contributed by atoms with Crippen molar-refractivity contribution in [3.63, 3.8) is 0 Å². The molecule has 4 nitrogen and oxygen atoms in total. The van der Waals surface area contributed by atoms with E-state index in [1.165, 1.54) is 0 Å². The van der Waals surface area contributed by atoms with Crippen LogP contribution in [0.15, 0.2) is 28.7 Å². The van der Waals surface area contributed by atoms with Crippen molar-refractivity contribution in [2.24, 2.45) is 5.84 Å². The molecule has 0 aliphatic rings. The summed E-state index contributed by atoms with van der Waals surface area (Å²) in [5, 5.41) is 0. The second-order valence-electron chi connectivity index (χ2n) is 4.85. The van der Waals surface area contributed by atoms with Crippen LogP contribution in [0.4, 0.5) is 0 Å². The van der Waals surface area contributed by atoms with Crippen molar-refractivity contribution in [2.45, 2.75) is 33.7 Å². The average molecular weight is 274 g/mol. The third-order valence-electron chi connectivity index (χ3n) is 3.60. The van der Waals surface area contributed by atoms with E-state index in [-0.39, 0.29) is 6.04 Å². The lowest BCUT2D eigenvalue weighted by molar-refractivity contribution is 0.340. The van der Waals surface area contributed by atoms with Crippen LogP contribution in [-0.2, 0) is 0 Å². The predicted octanol–water partition coefficient (Wildman–Crippen LogP) is 3.16. The molecule has 1 aromatic carbocycles. The zero-order valence-corrected chi connectivity index (χ0v) is 12.5. The summed E-state index contributed by atoms with van der Waals surface area (Å²) in [6, 6.07) is 7.89. The Morgan fingerprint density at radius 1 is 1.15 bits per heavy atom. The van der Waals surface area contributed by atoms with Crippen LogP contribution in [-0.4, -0.2) is 6.61 Å². The summed E-state index contributed by atoms with van der Waals surface area (Å²) in [4.78, 5) is 0. The van der Waals surface area contributed by atoms with Crippen LogP contribution in [0.5, 0.6) is 5.75 Å². The molecule has 2 rings (SSSR count). The Hall–Kier alpha value is -1.78. The van der Waals surface area contributed by atoms with Gasteiger partial charge in [-0.2, -0.15) is 0 Å². The Balaban J connectivity index is 2.36. The Bertz CT molecular complexity index is 573. The fourth-order valence-electron chi connectivity index (χ4n) is 2.50. The van der Waals surface area contributed by atoms with Gasteiger partial charge in [0.25, 0.3) is 0 Å². The fraction of sp³-hybridized carbons (Fsp3) is 0.375. The van der Waals surface area contributed by atoms with E-state index in [0.29, 0.717) is 6.61 Å². The molecule has 0 saturated heterocycles. The largest absolute Gasteiger partial charge is 0.494 e. The van der Waals surface area contributed by atoms with E-state index in [4.69, 9.17) is 15.0 Å². The molecule has 0 radical (unpaired) electrons. The van der Waals surface area contributed by atoms with E-state index < -0.39 is 0 Å². The van der Waals surface area contributed by atoms with Gasteiger partial charge in [0.05, 0.1) is 12.6 Å². The summed E-state index contributed by atoms with van der Waals surface area (Å²) in [6.07, 6.45) is 0. The lowest BCUT2D eigenvalue weighted by Gasteiger charge is -2.17. The third-order valence-corrected chi connectivity index (χ3v) is 3.60. The van der Waals surface area contributed by atoms with Crippen molar-refractivity contribution >= 4 is 0 Å². The molecular weight excluding hydrogens is 252 g/mol. The van der Waals surface area contributed by atoms with Gasteiger partial charge in [-0.05, 0) is 51.0 Å². The summed E-state index contributed by atoms with van der Waals surface area (Å²) in [5.74, 6) is 8.46. The molecule has 1 aromatic heterocycles. The highest BCUT2D eigenvalue weighted by molar-refractivity contribution is 5.41. The van der Waals surface area contributed by atoms with Crippen LogP contribution >= 0.6 is 0 Å². The van der Waals surface area contributed by atoms with E-state index in [9.17, 15) is 0 Å². The molecule has 1 unspecified atom stereocenters. The molecule has 0 bridgehead atoms. The molecule has 0 fully saturated rings. The highest BCUT2D eigenvalue weighted by Gasteiger charge is 2.21. The number of furan rings is 1. The third kappa shape index (κ3) is 2.71. The van der Waals surface area contributed by atoms with Gasteiger partial charge < -0.3 is 9.15 Å². The Kier molecular flexibility index (Phi) is 4.47. The Labute approximate surface area is 119 Å². The number of hydrogen-bond donors (Lipinski definition) is 2. The molecule has 1 atom stereocenters. The van der Waals surface area contributed by atoms with Crippen molar-refractivity contribution in [3.8, 4) is 5.75 Å². The first-order valence-electron chi connectivity index (χ1n) is 6.83. The predicted molar refractivity (Wildman–Crippen MR) is 79.7 cm³/mol. The van der Waals surface area contributed by atoms with E-state index in [0.717, 1.165) is 34.0 Å². The second-order valence-corrected chi connectivity index (χ2v) is 4.85. The van der Waals surface area contributed by atoms with Crippen LogP contribution in [0.2, 0.25) is 0 Å². The van der Waals surface area contributed by atoms with Crippen molar-refractivity contribution < 1.29 is 9.15 Å². The molecule has 108 valence electrons. The normalized spacial score (nSPS) is 12.4. The minimum absolute atomic E-state index is 0.0804. The average Bonchev–Trinajstić information content (AvgIpc) is 2.68. The quantitative estimate of drug-likeness (QED) is 0.649. The Morgan fingerprint density at radius 2 is 1.80 bits per heavy atom. The van der Waals surface area contributed by atoms with E-state index in [2.05, 4.69) is 12.3 Å². The zero-order chi connectivity index (χ0) is 14.7. The molecule has 0 saturated carbocycles. The minimum Gasteiger partial charge on any atom is -0.494 e. The molecule has 0 aliphatic heterocycles. The van der Waals surface area contributed by atoms with Gasteiger partial charge >= 0.3 is 0 Å². The molecule has 4 heteroatoms. The number of hydrazine groups is 1. The van der Waals surface area contributed by atoms with Crippen LogP contribution < -0.4 is 16.0 Å². The highest BCUT2D eigenvalue weighted by Crippen LogP contribution is 2.31. The topological polar surface area (TPSA) is 60.4 Å². The second kappa shape index (κ2) is 6.11. The first-order chi connectivity index (χ1) is 9.58. The van der Waals surface area contributed by atoms with Crippen LogP contribution in [0, 0.1) is 20.8 Å². The maximum Gasteiger partial charge on any atom is 0.119 e. The maximum absolute atomic E-state index is 5.76. The first kappa shape index (κ1) is 14.6. The summed E-state index contributed by atoms with van der Waals surface area (Å²) in [6.45, 7) is 8.63. The summed E-state index contributed by atoms with van der Waals surface area (Å²) >= 11 is 0. The number of benzene rings is 1. The molecule has 2 aromatic rings. The number of aryl methyl sites for hydroxylation is 2. The lowest BCUT2D eigenvalue weighted by Crippen LogP contribution is -2.29. The van der Waals surface area contributed by atoms with Crippen molar-refractivity contribution in [1.29, 1.82) is 0 Å². The number of ether oxygens (including phenoxy) is 1. The van der Waals surface area contributed by atoms with Gasteiger partial charge in [0.2, 0.25) is 0 Å². The fourth-order valence-corrected chi connectivity index (χ4v) is 2.50. The summed E-state index contributed by atoms with van der Waals surface area (Å²) < 4.78 is 11.2. The molecule has 20 heavy (non-hydrogen) atoms. The number of rotatable bonds is 5. The summed E-state index contributed by atoms with van der Waals surface area (Å²) in [5.41, 5.74) is 6.21. The van der Waals surface area contributed by atoms with Crippen LogP contribution in [0.3, 0.4) is 0 Å². The van der Waals surface area contributed by atoms with Gasteiger partial charge in [-0.3, -0.25) is 5.84 Å². The van der Waals surface area contributed by atoms with Crippen molar-refractivity contribution in [3.05, 3.63) is 52.5 Å². The Morgan fingerprint density at radius 3 is 2.25 bits per heavy atom. The van der Waals surface area contributed by atoms with Crippen molar-refractivity contribution in [1.82, 2.24) is 5.43 Å². The number of hydrogen-bond acceptors (Lipinski definition) is 4. The first-order valence-corrected chi connectivity index (χ1v) is 6.83. The van der Waals surface area contributed by atoms with Gasteiger partial charge in [0, 0.05) is 5.56 Å². The molecular formula is C16H22N2O2. The van der Waals surface area contributed by atoms with Gasteiger partial charge in [-0.15, -0.1) is 0 Å². The monoisotopic (exact) mass is 274 g/mol. The minimum atomic E-state index is -0.0804. The molecule has 0 aliphatic carbocycles. The highest BCUT2D eigenvalue weighted by atomic mass is 16.5. The zero-order valence-electron chi connectivity index (χ0n) is 12.5. The number of nitrogens with one attached hydrogen (secondary N) is 1. The van der Waals surface area contributed by atoms with Crippen LogP contribution in [0.25, 0.3) is 0 Å². The number of nitrogens with two attached hydrogens (primary N) is 1. The van der Waals surface area contributed by atoms with Gasteiger partial charge in [0.15, 0.2) is 0 Å². The summed E-state index contributed by atoms with van der Waals surface area (Å²) in [7, 11) is 0. The van der Waals surface area contributed by atoms with Gasteiger partial charge in [-0.25, -0.2) is 5.43 Å². The van der Waals surface area contributed by atoms with Crippen molar-refractivity contribution in [2.75, 3.05) is 6.61 Å². The molecule has 3 N–H and O–H groups in total. The van der Waals surface area contributed by atoms with Gasteiger partial charge in [-0.1, -0.05) is 12.1 Å². The SMILES string of the molecule is CCOc1ccc(C(NN)c2c(C)oc(C)c2C)cc1.